The van der Waals surface area contributed by atoms with E-state index in [-0.39, 0.29) is 5.41 Å². The zero-order valence-electron chi connectivity index (χ0n) is 11.9. The van der Waals surface area contributed by atoms with E-state index >= 15 is 0 Å². The Balaban J connectivity index is 2.25. The van der Waals surface area contributed by atoms with Crippen molar-refractivity contribution in [2.24, 2.45) is 0 Å². The maximum absolute atomic E-state index is 9.09. The molecule has 0 aliphatic carbocycles. The van der Waals surface area contributed by atoms with Gasteiger partial charge in [-0.05, 0) is 29.2 Å². The Labute approximate surface area is 119 Å². The lowest BCUT2D eigenvalue weighted by Crippen LogP contribution is -2.10. The first-order valence-corrected chi connectivity index (χ1v) is 6.43. The first kappa shape index (κ1) is 13.9. The van der Waals surface area contributed by atoms with Gasteiger partial charge in [0.15, 0.2) is 0 Å². The summed E-state index contributed by atoms with van der Waals surface area (Å²) in [6.45, 7) is 6.51. The summed E-state index contributed by atoms with van der Waals surface area (Å²) >= 11 is 0. The van der Waals surface area contributed by atoms with E-state index < -0.39 is 0 Å². The van der Waals surface area contributed by atoms with Crippen LogP contribution in [0.25, 0.3) is 0 Å². The fourth-order valence-corrected chi connectivity index (χ4v) is 1.86. The van der Waals surface area contributed by atoms with Crippen molar-refractivity contribution in [3.63, 3.8) is 0 Å². The van der Waals surface area contributed by atoms with Crippen LogP contribution in [0.3, 0.4) is 0 Å². The van der Waals surface area contributed by atoms with E-state index in [1.54, 1.807) is 6.07 Å². The molecule has 0 fully saturated rings. The summed E-state index contributed by atoms with van der Waals surface area (Å²) in [7, 11) is 0. The van der Waals surface area contributed by atoms with Gasteiger partial charge < -0.3 is 11.1 Å². The van der Waals surface area contributed by atoms with Gasteiger partial charge in [0.2, 0.25) is 0 Å². The van der Waals surface area contributed by atoms with Crippen molar-refractivity contribution in [2.45, 2.75) is 26.2 Å². The fourth-order valence-electron chi connectivity index (χ4n) is 1.86. The Morgan fingerprint density at radius 2 is 1.85 bits per heavy atom. The normalized spacial score (nSPS) is 10.9. The first-order chi connectivity index (χ1) is 9.40. The van der Waals surface area contributed by atoms with Gasteiger partial charge in [0.05, 0.1) is 17.4 Å². The van der Waals surface area contributed by atoms with Gasteiger partial charge >= 0.3 is 0 Å². The molecule has 1 heterocycles. The van der Waals surface area contributed by atoms with Crippen molar-refractivity contribution in [3.8, 4) is 6.07 Å². The van der Waals surface area contributed by atoms with Crippen LogP contribution in [-0.4, -0.2) is 4.98 Å². The highest BCUT2D eigenvalue weighted by Gasteiger charge is 2.13. The summed E-state index contributed by atoms with van der Waals surface area (Å²) in [4.78, 5) is 4.16. The summed E-state index contributed by atoms with van der Waals surface area (Å²) in [6, 6.07) is 11.8. The number of hydrogen-bond acceptors (Lipinski definition) is 4. The minimum absolute atomic E-state index is 0.121. The molecular weight excluding hydrogens is 248 g/mol. The lowest BCUT2D eigenvalue weighted by Gasteiger charge is -2.19. The van der Waals surface area contributed by atoms with Crippen LogP contribution in [0.5, 0.6) is 0 Å². The number of rotatable bonds is 2. The first-order valence-electron chi connectivity index (χ1n) is 6.43. The number of nitrogens with two attached hydrogens (primary N) is 1. The maximum Gasteiger partial charge on any atom is 0.148 e. The number of hydrogen-bond donors (Lipinski definition) is 2. The van der Waals surface area contributed by atoms with E-state index in [1.165, 1.54) is 11.8 Å². The average molecular weight is 266 g/mol. The van der Waals surface area contributed by atoms with Crippen LogP contribution in [0, 0.1) is 11.3 Å². The smallest absolute Gasteiger partial charge is 0.148 e. The second kappa shape index (κ2) is 5.22. The molecule has 3 N–H and O–H groups in total. The monoisotopic (exact) mass is 266 g/mol. The average Bonchev–Trinajstić information content (AvgIpc) is 2.40. The minimum Gasteiger partial charge on any atom is -0.397 e. The molecule has 0 bridgehead atoms. The number of nitrogen functional groups attached to an aromatic ring is 1. The minimum atomic E-state index is 0.121. The Morgan fingerprint density at radius 1 is 1.20 bits per heavy atom. The molecular formula is C16H18N4. The predicted molar refractivity (Wildman–Crippen MR) is 81.8 cm³/mol. The lowest BCUT2D eigenvalue weighted by atomic mass is 9.87. The maximum atomic E-state index is 9.09. The summed E-state index contributed by atoms with van der Waals surface area (Å²) in [6.07, 6.45) is 1.53. The Hall–Kier alpha value is -2.54. The van der Waals surface area contributed by atoms with Gasteiger partial charge in [-0.3, -0.25) is 0 Å². The number of nitrogens with zero attached hydrogens (tertiary/aromatic N) is 2. The van der Waals surface area contributed by atoms with Crippen LogP contribution < -0.4 is 11.1 Å². The number of aromatic nitrogens is 1. The molecule has 0 saturated carbocycles. The largest absolute Gasteiger partial charge is 0.397 e. The fraction of sp³-hybridized carbons (Fsp3) is 0.250. The van der Waals surface area contributed by atoms with Gasteiger partial charge in [0.25, 0.3) is 0 Å². The molecule has 2 aromatic rings. The van der Waals surface area contributed by atoms with Crippen molar-refractivity contribution in [1.29, 1.82) is 5.26 Å². The van der Waals surface area contributed by atoms with Crippen LogP contribution in [0.2, 0.25) is 0 Å². The molecule has 102 valence electrons. The van der Waals surface area contributed by atoms with Crippen LogP contribution in [-0.2, 0) is 5.41 Å². The molecule has 2 rings (SSSR count). The summed E-state index contributed by atoms with van der Waals surface area (Å²) in [5.74, 6) is 0.519. The Kier molecular flexibility index (Phi) is 3.62. The van der Waals surface area contributed by atoms with Crippen molar-refractivity contribution in [1.82, 2.24) is 4.98 Å². The van der Waals surface area contributed by atoms with Crippen LogP contribution >= 0.6 is 0 Å². The highest BCUT2D eigenvalue weighted by atomic mass is 15.0. The van der Waals surface area contributed by atoms with Crippen LogP contribution in [0.4, 0.5) is 17.2 Å². The van der Waals surface area contributed by atoms with Crippen molar-refractivity contribution in [2.75, 3.05) is 11.1 Å². The van der Waals surface area contributed by atoms with Crippen molar-refractivity contribution < 1.29 is 0 Å². The third-order valence-electron chi connectivity index (χ3n) is 3.04. The number of benzene rings is 1. The SMILES string of the molecule is CC(C)(C)c1ccc(Nc2ncc(N)cc2C#N)cc1. The van der Waals surface area contributed by atoms with E-state index in [1.807, 2.05) is 12.1 Å². The molecule has 0 amide bonds. The molecule has 0 aliphatic rings. The number of anilines is 3. The van der Waals surface area contributed by atoms with E-state index in [0.717, 1.165) is 5.69 Å². The second-order valence-corrected chi connectivity index (χ2v) is 5.73. The second-order valence-electron chi connectivity index (χ2n) is 5.73. The van der Waals surface area contributed by atoms with Gasteiger partial charge in [-0.15, -0.1) is 0 Å². The van der Waals surface area contributed by atoms with E-state index in [0.29, 0.717) is 17.1 Å². The van der Waals surface area contributed by atoms with Gasteiger partial charge in [0.1, 0.15) is 11.9 Å². The van der Waals surface area contributed by atoms with Crippen LogP contribution in [0.15, 0.2) is 36.5 Å². The van der Waals surface area contributed by atoms with E-state index in [9.17, 15) is 0 Å². The molecule has 0 radical (unpaired) electrons. The molecule has 4 heteroatoms. The quantitative estimate of drug-likeness (QED) is 0.871. The lowest BCUT2D eigenvalue weighted by molar-refractivity contribution is 0.590. The number of nitriles is 1. The standard InChI is InChI=1S/C16H18N4/c1-16(2,3)12-4-6-14(7-5-12)20-15-11(9-17)8-13(18)10-19-15/h4-8,10H,18H2,1-3H3,(H,19,20). The number of pyridine rings is 1. The predicted octanol–water partition coefficient (Wildman–Crippen LogP) is 3.58. The third-order valence-corrected chi connectivity index (χ3v) is 3.04. The molecule has 0 atom stereocenters. The third kappa shape index (κ3) is 3.07. The van der Waals surface area contributed by atoms with Gasteiger partial charge in [-0.25, -0.2) is 4.98 Å². The molecule has 1 aromatic heterocycles. The molecule has 0 spiro atoms. The van der Waals surface area contributed by atoms with Gasteiger partial charge in [0, 0.05) is 5.69 Å². The zero-order valence-corrected chi connectivity index (χ0v) is 11.9. The van der Waals surface area contributed by atoms with Gasteiger partial charge in [-0.2, -0.15) is 5.26 Å². The van der Waals surface area contributed by atoms with Crippen LogP contribution in [0.1, 0.15) is 31.9 Å². The highest BCUT2D eigenvalue weighted by Crippen LogP contribution is 2.25. The Bertz CT molecular complexity index is 646. The zero-order chi connectivity index (χ0) is 14.8. The molecule has 20 heavy (non-hydrogen) atoms. The van der Waals surface area contributed by atoms with E-state index in [2.05, 4.69) is 49.3 Å². The molecule has 0 aliphatic heterocycles. The summed E-state index contributed by atoms with van der Waals surface area (Å²) in [5.41, 5.74) is 8.81. The topological polar surface area (TPSA) is 74.7 Å². The highest BCUT2D eigenvalue weighted by molar-refractivity contribution is 5.65. The van der Waals surface area contributed by atoms with Gasteiger partial charge in [-0.1, -0.05) is 32.9 Å². The number of nitrogens with one attached hydrogen (secondary N) is 1. The summed E-state index contributed by atoms with van der Waals surface area (Å²) < 4.78 is 0. The Morgan fingerprint density at radius 3 is 2.40 bits per heavy atom. The molecule has 0 unspecified atom stereocenters. The van der Waals surface area contributed by atoms with E-state index in [4.69, 9.17) is 11.0 Å². The molecule has 1 aromatic carbocycles. The summed E-state index contributed by atoms with van der Waals surface area (Å²) in [5, 5.41) is 12.2. The van der Waals surface area contributed by atoms with Crippen molar-refractivity contribution in [3.05, 3.63) is 47.7 Å². The molecule has 4 nitrogen and oxygen atoms in total. The van der Waals surface area contributed by atoms with Crippen molar-refractivity contribution >= 4 is 17.2 Å². The molecule has 0 saturated heterocycles.